The first-order chi connectivity index (χ1) is 7.62. The van der Waals surface area contributed by atoms with E-state index in [9.17, 15) is 0 Å². The van der Waals surface area contributed by atoms with Gasteiger partial charge in [-0.3, -0.25) is 0 Å². The molecule has 1 fully saturated rings. The average molecular weight is 240 g/mol. The largest absolute Gasteiger partial charge is 0.310 e. The molecule has 1 aliphatic rings. The zero-order chi connectivity index (χ0) is 13.2. The lowest BCUT2D eigenvalue weighted by Gasteiger charge is -2.40. The predicted octanol–water partition coefficient (Wildman–Crippen LogP) is 3.32. The van der Waals surface area contributed by atoms with E-state index in [1.54, 1.807) is 0 Å². The molecule has 102 valence electrons. The van der Waals surface area contributed by atoms with Gasteiger partial charge in [-0.25, -0.2) is 0 Å². The van der Waals surface area contributed by atoms with Gasteiger partial charge in [0, 0.05) is 17.6 Å². The molecular formula is C15H32N2. The molecule has 1 heterocycles. The third-order valence-corrected chi connectivity index (χ3v) is 3.64. The molecule has 1 aliphatic heterocycles. The van der Waals surface area contributed by atoms with Crippen molar-refractivity contribution in [3.8, 4) is 0 Å². The highest BCUT2D eigenvalue weighted by Gasteiger charge is 2.30. The molecular weight excluding hydrogens is 208 g/mol. The SMILES string of the molecule is CC(C)(C)CC(C)(C)NCC1(C)CCCCN1. The highest BCUT2D eigenvalue weighted by molar-refractivity contribution is 4.92. The van der Waals surface area contributed by atoms with Crippen molar-refractivity contribution in [2.75, 3.05) is 13.1 Å². The summed E-state index contributed by atoms with van der Waals surface area (Å²) < 4.78 is 0. The van der Waals surface area contributed by atoms with Gasteiger partial charge in [0.05, 0.1) is 0 Å². The van der Waals surface area contributed by atoms with Crippen LogP contribution in [0.1, 0.15) is 67.2 Å². The van der Waals surface area contributed by atoms with Crippen molar-refractivity contribution in [3.63, 3.8) is 0 Å². The minimum absolute atomic E-state index is 0.223. The lowest BCUT2D eigenvalue weighted by Crippen LogP contribution is -2.57. The molecule has 0 radical (unpaired) electrons. The van der Waals surface area contributed by atoms with Gasteiger partial charge >= 0.3 is 0 Å². The van der Waals surface area contributed by atoms with Crippen molar-refractivity contribution in [1.82, 2.24) is 10.6 Å². The molecule has 0 aromatic heterocycles. The van der Waals surface area contributed by atoms with Crippen LogP contribution >= 0.6 is 0 Å². The quantitative estimate of drug-likeness (QED) is 0.787. The number of rotatable bonds is 4. The van der Waals surface area contributed by atoms with Crippen LogP contribution in [-0.4, -0.2) is 24.2 Å². The average Bonchev–Trinajstić information content (AvgIpc) is 2.13. The molecule has 0 saturated carbocycles. The fourth-order valence-electron chi connectivity index (χ4n) is 3.09. The molecule has 2 N–H and O–H groups in total. The summed E-state index contributed by atoms with van der Waals surface area (Å²) in [7, 11) is 0. The second kappa shape index (κ2) is 5.27. The molecule has 1 saturated heterocycles. The first-order valence-corrected chi connectivity index (χ1v) is 7.12. The van der Waals surface area contributed by atoms with E-state index in [0.29, 0.717) is 11.0 Å². The van der Waals surface area contributed by atoms with E-state index in [1.807, 2.05) is 0 Å². The molecule has 1 rings (SSSR count). The standard InChI is InChI=1S/C15H32N2/c1-13(2,3)11-14(4,5)17-12-15(6)9-7-8-10-16-15/h16-17H,7-12H2,1-6H3. The lowest BCUT2D eigenvalue weighted by molar-refractivity contribution is 0.199. The first-order valence-electron chi connectivity index (χ1n) is 7.12. The molecule has 2 nitrogen and oxygen atoms in total. The Morgan fingerprint density at radius 3 is 2.24 bits per heavy atom. The summed E-state index contributed by atoms with van der Waals surface area (Å²) in [6.45, 7) is 16.2. The van der Waals surface area contributed by atoms with Gasteiger partial charge in [0.1, 0.15) is 0 Å². The zero-order valence-electron chi connectivity index (χ0n) is 12.7. The molecule has 0 amide bonds. The maximum atomic E-state index is 3.76. The summed E-state index contributed by atoms with van der Waals surface area (Å²) in [4.78, 5) is 0. The Labute approximate surface area is 108 Å². The molecule has 0 aromatic rings. The van der Waals surface area contributed by atoms with Crippen molar-refractivity contribution in [2.24, 2.45) is 5.41 Å². The third kappa shape index (κ3) is 5.87. The van der Waals surface area contributed by atoms with Crippen LogP contribution in [0.25, 0.3) is 0 Å². The van der Waals surface area contributed by atoms with Gasteiger partial charge < -0.3 is 10.6 Å². The Balaban J connectivity index is 2.42. The molecule has 0 aliphatic carbocycles. The first kappa shape index (κ1) is 15.0. The smallest absolute Gasteiger partial charge is 0.0278 e. The highest BCUT2D eigenvalue weighted by atomic mass is 15.1. The van der Waals surface area contributed by atoms with Gasteiger partial charge in [0.25, 0.3) is 0 Å². The van der Waals surface area contributed by atoms with Crippen molar-refractivity contribution in [1.29, 1.82) is 0 Å². The van der Waals surface area contributed by atoms with Crippen LogP contribution in [-0.2, 0) is 0 Å². The van der Waals surface area contributed by atoms with Gasteiger partial charge in [-0.1, -0.05) is 27.2 Å². The zero-order valence-corrected chi connectivity index (χ0v) is 12.7. The Morgan fingerprint density at radius 1 is 1.12 bits per heavy atom. The van der Waals surface area contributed by atoms with Gasteiger partial charge in [-0.15, -0.1) is 0 Å². The number of hydrogen-bond donors (Lipinski definition) is 2. The molecule has 17 heavy (non-hydrogen) atoms. The Morgan fingerprint density at radius 2 is 1.76 bits per heavy atom. The van der Waals surface area contributed by atoms with Crippen molar-refractivity contribution < 1.29 is 0 Å². The summed E-state index contributed by atoms with van der Waals surface area (Å²) in [6.07, 6.45) is 5.20. The van der Waals surface area contributed by atoms with Crippen LogP contribution in [0.2, 0.25) is 0 Å². The van der Waals surface area contributed by atoms with Crippen molar-refractivity contribution in [2.45, 2.75) is 78.3 Å². The van der Waals surface area contributed by atoms with Crippen LogP contribution in [0.5, 0.6) is 0 Å². The normalized spacial score (nSPS) is 27.2. The minimum atomic E-state index is 0.223. The van der Waals surface area contributed by atoms with Crippen LogP contribution < -0.4 is 10.6 Å². The van der Waals surface area contributed by atoms with E-state index in [4.69, 9.17) is 0 Å². The molecule has 0 aromatic carbocycles. The number of nitrogens with one attached hydrogen (secondary N) is 2. The van der Waals surface area contributed by atoms with Crippen molar-refractivity contribution in [3.05, 3.63) is 0 Å². The number of hydrogen-bond acceptors (Lipinski definition) is 2. The van der Waals surface area contributed by atoms with Gasteiger partial charge in [-0.05, 0) is 52.0 Å². The van der Waals surface area contributed by atoms with Gasteiger partial charge in [-0.2, -0.15) is 0 Å². The van der Waals surface area contributed by atoms with E-state index in [2.05, 4.69) is 52.2 Å². The fourth-order valence-corrected chi connectivity index (χ4v) is 3.09. The Hall–Kier alpha value is -0.0800. The van der Waals surface area contributed by atoms with E-state index in [1.165, 1.54) is 32.2 Å². The van der Waals surface area contributed by atoms with Crippen LogP contribution in [0.15, 0.2) is 0 Å². The maximum Gasteiger partial charge on any atom is 0.0278 e. The van der Waals surface area contributed by atoms with Crippen LogP contribution in [0, 0.1) is 5.41 Å². The predicted molar refractivity (Wildman–Crippen MR) is 76.4 cm³/mol. The van der Waals surface area contributed by atoms with Crippen LogP contribution in [0.4, 0.5) is 0 Å². The van der Waals surface area contributed by atoms with E-state index in [-0.39, 0.29) is 5.54 Å². The summed E-state index contributed by atoms with van der Waals surface area (Å²) in [5.74, 6) is 0. The minimum Gasteiger partial charge on any atom is -0.310 e. The second-order valence-electron chi connectivity index (χ2n) is 7.92. The summed E-state index contributed by atoms with van der Waals surface area (Å²) in [5, 5.41) is 7.43. The van der Waals surface area contributed by atoms with E-state index in [0.717, 1.165) is 6.54 Å². The third-order valence-electron chi connectivity index (χ3n) is 3.64. The summed E-state index contributed by atoms with van der Waals surface area (Å²) in [6, 6.07) is 0. The molecule has 1 unspecified atom stereocenters. The maximum absolute atomic E-state index is 3.76. The second-order valence-corrected chi connectivity index (χ2v) is 7.92. The molecule has 0 spiro atoms. The van der Waals surface area contributed by atoms with Gasteiger partial charge in [0.15, 0.2) is 0 Å². The van der Waals surface area contributed by atoms with Gasteiger partial charge in [0.2, 0.25) is 0 Å². The van der Waals surface area contributed by atoms with Crippen molar-refractivity contribution >= 4 is 0 Å². The molecule has 2 heteroatoms. The Bertz CT molecular complexity index is 232. The highest BCUT2D eigenvalue weighted by Crippen LogP contribution is 2.27. The van der Waals surface area contributed by atoms with E-state index >= 15 is 0 Å². The molecule has 1 atom stereocenters. The summed E-state index contributed by atoms with van der Waals surface area (Å²) in [5.41, 5.74) is 0.908. The Kier molecular flexibility index (Phi) is 4.65. The monoisotopic (exact) mass is 240 g/mol. The lowest BCUT2D eigenvalue weighted by atomic mass is 9.81. The molecule has 0 bridgehead atoms. The summed E-state index contributed by atoms with van der Waals surface area (Å²) >= 11 is 0. The topological polar surface area (TPSA) is 24.1 Å². The van der Waals surface area contributed by atoms with Crippen LogP contribution in [0.3, 0.4) is 0 Å². The number of piperidine rings is 1. The van der Waals surface area contributed by atoms with E-state index < -0.39 is 0 Å². The fraction of sp³-hybridized carbons (Fsp3) is 1.00.